The quantitative estimate of drug-likeness (QED) is 0.647. The Hall–Kier alpha value is -3.72. The Labute approximate surface area is 165 Å². The van der Waals surface area contributed by atoms with E-state index in [0.29, 0.717) is 27.8 Å². The largest absolute Gasteiger partial charge is 0.493 e. The summed E-state index contributed by atoms with van der Waals surface area (Å²) >= 11 is 0.766. The number of amides is 1. The third-order valence-corrected chi connectivity index (χ3v) is 5.36. The predicted molar refractivity (Wildman–Crippen MR) is 102 cm³/mol. The summed E-state index contributed by atoms with van der Waals surface area (Å²) in [5.41, 5.74) is 0.524. The van der Waals surface area contributed by atoms with Gasteiger partial charge in [0.1, 0.15) is 5.82 Å². The van der Waals surface area contributed by atoms with Crippen LogP contribution in [0.25, 0.3) is 17.8 Å². The molecule has 5 rings (SSSR count). The second-order valence-corrected chi connectivity index (χ2v) is 7.29. The van der Waals surface area contributed by atoms with Crippen molar-refractivity contribution in [2.45, 2.75) is 0 Å². The van der Waals surface area contributed by atoms with E-state index in [1.807, 2.05) is 0 Å². The molecule has 9 heteroatoms. The number of aromatic nitrogens is 1. The van der Waals surface area contributed by atoms with E-state index in [9.17, 15) is 19.1 Å². The van der Waals surface area contributed by atoms with Crippen molar-refractivity contribution in [1.82, 2.24) is 4.57 Å². The van der Waals surface area contributed by atoms with Gasteiger partial charge in [-0.1, -0.05) is 11.3 Å². The van der Waals surface area contributed by atoms with Crippen LogP contribution in [0.4, 0.5) is 4.39 Å². The van der Waals surface area contributed by atoms with E-state index in [4.69, 9.17) is 9.47 Å². The zero-order valence-corrected chi connectivity index (χ0v) is 15.4. The van der Waals surface area contributed by atoms with E-state index in [2.05, 4.69) is 4.99 Å². The maximum Gasteiger partial charge on any atom is 0.315 e. The van der Waals surface area contributed by atoms with Gasteiger partial charge < -0.3 is 14.6 Å². The van der Waals surface area contributed by atoms with E-state index in [-0.39, 0.29) is 23.1 Å². The van der Waals surface area contributed by atoms with Gasteiger partial charge in [0.25, 0.3) is 5.91 Å². The molecule has 2 aromatic carbocycles. The van der Waals surface area contributed by atoms with Crippen LogP contribution >= 0.6 is 11.3 Å². The topological polar surface area (TPSA) is 90.1 Å². The van der Waals surface area contributed by atoms with Crippen LogP contribution in [0.3, 0.4) is 0 Å². The van der Waals surface area contributed by atoms with Crippen LogP contribution < -0.4 is 24.9 Å². The smallest absolute Gasteiger partial charge is 0.315 e. The van der Waals surface area contributed by atoms with Crippen molar-refractivity contribution in [2.75, 3.05) is 6.79 Å². The first-order valence-corrected chi connectivity index (χ1v) is 9.28. The van der Waals surface area contributed by atoms with E-state index in [1.54, 1.807) is 18.2 Å². The summed E-state index contributed by atoms with van der Waals surface area (Å²) < 4.78 is 24.8. The van der Waals surface area contributed by atoms with E-state index >= 15 is 0 Å². The van der Waals surface area contributed by atoms with Gasteiger partial charge in [-0.15, -0.1) is 0 Å². The fourth-order valence-corrected chi connectivity index (χ4v) is 3.94. The fraction of sp³-hybridized carbons (Fsp3) is 0.0500. The van der Waals surface area contributed by atoms with Gasteiger partial charge >= 0.3 is 4.87 Å². The molecule has 1 N–H and O–H groups in total. The lowest BCUT2D eigenvalue weighted by atomic mass is 10.1. The molecule has 29 heavy (non-hydrogen) atoms. The molecule has 3 heterocycles. The molecule has 1 amide bonds. The number of aromatic hydroxyl groups is 1. The molecule has 0 saturated heterocycles. The zero-order valence-electron chi connectivity index (χ0n) is 14.6. The lowest BCUT2D eigenvalue weighted by molar-refractivity contribution is -0.114. The molecule has 0 fully saturated rings. The minimum Gasteiger partial charge on any atom is -0.493 e. The van der Waals surface area contributed by atoms with Crippen molar-refractivity contribution in [3.8, 4) is 23.1 Å². The molecule has 0 atom stereocenters. The Morgan fingerprint density at radius 1 is 1.14 bits per heavy atom. The minimum absolute atomic E-state index is 0.105. The third-order valence-electron chi connectivity index (χ3n) is 4.49. The first-order valence-electron chi connectivity index (χ1n) is 8.46. The Bertz CT molecular complexity index is 1390. The molecule has 0 aliphatic carbocycles. The van der Waals surface area contributed by atoms with Crippen LogP contribution in [0.15, 0.2) is 51.8 Å². The zero-order chi connectivity index (χ0) is 20.1. The fourth-order valence-electron chi connectivity index (χ4n) is 3.10. The summed E-state index contributed by atoms with van der Waals surface area (Å²) in [4.78, 5) is 28.6. The molecule has 0 unspecified atom stereocenters. The third kappa shape index (κ3) is 2.92. The molecule has 0 bridgehead atoms. The summed E-state index contributed by atoms with van der Waals surface area (Å²) in [6.45, 7) is 0.105. The van der Waals surface area contributed by atoms with Crippen LogP contribution in [0, 0.1) is 5.82 Å². The normalized spacial score (nSPS) is 15.8. The number of rotatable bonds is 2. The Morgan fingerprint density at radius 2 is 1.86 bits per heavy atom. The van der Waals surface area contributed by atoms with Crippen molar-refractivity contribution in [3.63, 3.8) is 0 Å². The molecule has 0 radical (unpaired) electrons. The number of fused-ring (bicyclic) bond motifs is 2. The monoisotopic (exact) mass is 410 g/mol. The average molecular weight is 410 g/mol. The standard InChI is InChI=1S/C20H11FN2O5S/c21-12-1-3-13(4-2-12)23-19(25)17(29-20(23)26)7-11-5-10-6-15-16(28-9-27-15)8-14(10)22-18(11)24/h1-8,25H,9H2. The summed E-state index contributed by atoms with van der Waals surface area (Å²) in [7, 11) is 0. The molecule has 0 spiro atoms. The van der Waals surface area contributed by atoms with Crippen LogP contribution in [-0.2, 0) is 4.79 Å². The highest BCUT2D eigenvalue weighted by Crippen LogP contribution is 2.29. The number of carbonyl (C=O) groups excluding carboxylic acids is 1. The molecule has 144 valence electrons. The molecule has 0 saturated carbocycles. The van der Waals surface area contributed by atoms with Gasteiger partial charge in [-0.05, 0) is 42.5 Å². The van der Waals surface area contributed by atoms with Crippen LogP contribution in [-0.4, -0.2) is 22.4 Å². The average Bonchev–Trinajstić information content (AvgIpc) is 3.25. The van der Waals surface area contributed by atoms with Crippen molar-refractivity contribution in [2.24, 2.45) is 4.99 Å². The summed E-state index contributed by atoms with van der Waals surface area (Å²) in [6.07, 6.45) is 3.01. The van der Waals surface area contributed by atoms with Gasteiger partial charge in [-0.3, -0.25) is 9.59 Å². The molecule has 2 aliphatic heterocycles. The summed E-state index contributed by atoms with van der Waals surface area (Å²) in [5.74, 6) is -0.226. The molecule has 3 aromatic rings. The van der Waals surface area contributed by atoms with Gasteiger partial charge in [0, 0.05) is 16.9 Å². The van der Waals surface area contributed by atoms with Gasteiger partial charge in [-0.2, -0.15) is 0 Å². The van der Waals surface area contributed by atoms with Gasteiger partial charge in [0.15, 0.2) is 11.5 Å². The van der Waals surface area contributed by atoms with Gasteiger partial charge in [0.2, 0.25) is 12.7 Å². The number of thiazole rings is 1. The first kappa shape index (κ1) is 17.4. The number of halogens is 1. The number of ether oxygens (including phenoxy) is 2. The Morgan fingerprint density at radius 3 is 2.62 bits per heavy atom. The minimum atomic E-state index is -0.509. The van der Waals surface area contributed by atoms with Crippen molar-refractivity contribution in [1.29, 1.82) is 0 Å². The Balaban J connectivity index is 1.61. The molecule has 2 aliphatic rings. The highest BCUT2D eigenvalue weighted by Gasteiger charge is 2.19. The van der Waals surface area contributed by atoms with Crippen molar-refractivity contribution >= 4 is 29.4 Å². The van der Waals surface area contributed by atoms with Gasteiger partial charge in [0.05, 0.1) is 15.9 Å². The van der Waals surface area contributed by atoms with Crippen molar-refractivity contribution < 1.29 is 23.8 Å². The van der Waals surface area contributed by atoms with E-state index < -0.39 is 16.6 Å². The second-order valence-electron chi connectivity index (χ2n) is 6.29. The lowest BCUT2D eigenvalue weighted by Gasteiger charge is -2.05. The summed E-state index contributed by atoms with van der Waals surface area (Å²) in [6, 6.07) is 8.49. The number of benzene rings is 2. The van der Waals surface area contributed by atoms with Crippen LogP contribution in [0.5, 0.6) is 17.4 Å². The van der Waals surface area contributed by atoms with Crippen LogP contribution in [0.2, 0.25) is 0 Å². The first-order chi connectivity index (χ1) is 14.0. The van der Waals surface area contributed by atoms with Crippen LogP contribution in [0.1, 0.15) is 4.88 Å². The maximum absolute atomic E-state index is 13.1. The number of carbonyl (C=O) groups is 1. The molecule has 7 nitrogen and oxygen atoms in total. The SMILES string of the molecule is O=C1N=c2cc3c(cc2=CC1=Cc1sc(=O)n(-c2ccc(F)cc2)c1O)OCO3. The Kier molecular flexibility index (Phi) is 3.85. The summed E-state index contributed by atoms with van der Waals surface area (Å²) in [5, 5.41) is 11.6. The number of hydrogen-bond acceptors (Lipinski definition) is 6. The molecular formula is C20H11FN2O5S. The second kappa shape index (κ2) is 6.42. The highest BCUT2D eigenvalue weighted by molar-refractivity contribution is 7.10. The highest BCUT2D eigenvalue weighted by atomic mass is 32.1. The molecule has 1 aromatic heterocycles. The molecular weight excluding hydrogens is 399 g/mol. The van der Waals surface area contributed by atoms with Crippen molar-refractivity contribution in [3.05, 3.63) is 72.9 Å². The lowest BCUT2D eigenvalue weighted by Crippen LogP contribution is -2.30. The van der Waals surface area contributed by atoms with E-state index in [0.717, 1.165) is 15.9 Å². The van der Waals surface area contributed by atoms with Gasteiger partial charge in [-0.25, -0.2) is 13.9 Å². The maximum atomic E-state index is 13.1. The number of hydrogen-bond donors (Lipinski definition) is 1. The van der Waals surface area contributed by atoms with E-state index in [1.165, 1.54) is 30.3 Å². The number of nitrogens with zero attached hydrogens (tertiary/aromatic N) is 2. The predicted octanol–water partition coefficient (Wildman–Crippen LogP) is 1.50.